The minimum Gasteiger partial charge on any atom is -0.490 e. The molecule has 1 atom stereocenters. The molecule has 5 nitrogen and oxygen atoms in total. The van der Waals surface area contributed by atoms with Crippen LogP contribution in [0.25, 0.3) is 10.9 Å². The molecule has 0 bridgehead atoms. The lowest BCUT2D eigenvalue weighted by Gasteiger charge is -2.15. The highest BCUT2D eigenvalue weighted by atomic mass is 16.5. The van der Waals surface area contributed by atoms with E-state index in [0.29, 0.717) is 12.6 Å². The average Bonchev–Trinajstić information content (AvgIpc) is 2.76. The van der Waals surface area contributed by atoms with Gasteiger partial charge in [0.05, 0.1) is 17.1 Å². The molecule has 1 heterocycles. The van der Waals surface area contributed by atoms with Crippen LogP contribution >= 0.6 is 0 Å². The van der Waals surface area contributed by atoms with Crippen LogP contribution in [0, 0.1) is 0 Å². The normalized spacial score (nSPS) is 13.1. The Morgan fingerprint density at radius 1 is 1.42 bits per heavy atom. The van der Waals surface area contributed by atoms with Gasteiger partial charge in [0, 0.05) is 19.6 Å². The molecule has 0 aliphatic heterocycles. The number of rotatable bonds is 6. The summed E-state index contributed by atoms with van der Waals surface area (Å²) < 4.78 is 7.49. The van der Waals surface area contributed by atoms with E-state index >= 15 is 0 Å². The molecule has 0 fully saturated rings. The molecule has 0 radical (unpaired) electrons. The Morgan fingerprint density at radius 3 is 2.95 bits per heavy atom. The van der Waals surface area contributed by atoms with Crippen molar-refractivity contribution in [1.82, 2.24) is 15.1 Å². The van der Waals surface area contributed by atoms with Gasteiger partial charge in [0.1, 0.15) is 18.5 Å². The monoisotopic (exact) mass is 263 g/mol. The van der Waals surface area contributed by atoms with Crippen molar-refractivity contribution in [2.75, 3.05) is 13.2 Å². The van der Waals surface area contributed by atoms with Crippen LogP contribution in [0.1, 0.15) is 13.8 Å². The number of aryl methyl sites for hydroxylation is 1. The van der Waals surface area contributed by atoms with Crippen LogP contribution in [-0.4, -0.2) is 40.2 Å². The van der Waals surface area contributed by atoms with Crippen molar-refractivity contribution >= 4 is 10.9 Å². The number of ether oxygens (including phenoxy) is 1. The summed E-state index contributed by atoms with van der Waals surface area (Å²) in [6.07, 6.45) is 1.26. The first-order chi connectivity index (χ1) is 9.08. The number of benzene rings is 1. The van der Waals surface area contributed by atoms with Crippen molar-refractivity contribution < 1.29 is 9.84 Å². The molecule has 0 saturated carbocycles. The van der Waals surface area contributed by atoms with Crippen LogP contribution in [-0.2, 0) is 7.05 Å². The molecule has 19 heavy (non-hydrogen) atoms. The molecule has 5 heteroatoms. The van der Waals surface area contributed by atoms with Crippen molar-refractivity contribution in [2.45, 2.75) is 26.0 Å². The van der Waals surface area contributed by atoms with E-state index in [1.807, 2.05) is 39.1 Å². The summed E-state index contributed by atoms with van der Waals surface area (Å²) in [4.78, 5) is 0. The third-order valence-corrected chi connectivity index (χ3v) is 2.94. The van der Waals surface area contributed by atoms with Gasteiger partial charge in [-0.15, -0.1) is 0 Å². The van der Waals surface area contributed by atoms with E-state index in [-0.39, 0.29) is 6.61 Å². The molecule has 1 aromatic heterocycles. The summed E-state index contributed by atoms with van der Waals surface area (Å²) >= 11 is 0. The zero-order chi connectivity index (χ0) is 13.8. The average molecular weight is 263 g/mol. The first-order valence-electron chi connectivity index (χ1n) is 6.53. The number of hydrogen-bond acceptors (Lipinski definition) is 4. The van der Waals surface area contributed by atoms with Gasteiger partial charge < -0.3 is 15.2 Å². The van der Waals surface area contributed by atoms with Gasteiger partial charge >= 0.3 is 0 Å². The fourth-order valence-electron chi connectivity index (χ4n) is 1.89. The second-order valence-corrected chi connectivity index (χ2v) is 4.98. The number of aliphatic hydroxyl groups is 1. The molecular formula is C14H21N3O2. The lowest BCUT2D eigenvalue weighted by Crippen LogP contribution is -2.35. The molecule has 0 amide bonds. The molecule has 2 aromatic rings. The van der Waals surface area contributed by atoms with Gasteiger partial charge in [-0.2, -0.15) is 5.10 Å². The summed E-state index contributed by atoms with van der Waals surface area (Å²) in [6, 6.07) is 6.17. The maximum atomic E-state index is 9.83. The first-order valence-corrected chi connectivity index (χ1v) is 6.53. The fourth-order valence-corrected chi connectivity index (χ4v) is 1.89. The molecule has 0 aliphatic carbocycles. The van der Waals surface area contributed by atoms with Crippen molar-refractivity contribution in [3.05, 3.63) is 24.4 Å². The van der Waals surface area contributed by atoms with E-state index in [9.17, 15) is 5.11 Å². The zero-order valence-corrected chi connectivity index (χ0v) is 11.6. The number of nitrogens with zero attached hydrogens (tertiary/aromatic N) is 2. The molecule has 1 unspecified atom stereocenters. The summed E-state index contributed by atoms with van der Waals surface area (Å²) in [7, 11) is 1.90. The number of nitrogens with one attached hydrogen (secondary N) is 1. The molecular weight excluding hydrogens is 242 g/mol. The van der Waals surface area contributed by atoms with E-state index in [1.165, 1.54) is 0 Å². The summed E-state index contributed by atoms with van der Waals surface area (Å²) in [5.74, 6) is 0.759. The maximum Gasteiger partial charge on any atom is 0.130 e. The zero-order valence-electron chi connectivity index (χ0n) is 11.6. The van der Waals surface area contributed by atoms with Gasteiger partial charge in [0.2, 0.25) is 0 Å². The number of fused-ring (bicyclic) bond motifs is 1. The van der Waals surface area contributed by atoms with E-state index in [2.05, 4.69) is 10.4 Å². The summed E-state index contributed by atoms with van der Waals surface area (Å²) in [6.45, 7) is 4.89. The predicted octanol–water partition coefficient (Wildman–Crippen LogP) is 1.31. The van der Waals surface area contributed by atoms with Crippen molar-refractivity contribution in [1.29, 1.82) is 0 Å². The highest BCUT2D eigenvalue weighted by Crippen LogP contribution is 2.24. The Bertz CT molecular complexity index is 536. The number of aromatic nitrogens is 2. The minimum atomic E-state index is -0.519. The van der Waals surface area contributed by atoms with Crippen molar-refractivity contribution in [3.8, 4) is 5.75 Å². The third kappa shape index (κ3) is 3.45. The van der Waals surface area contributed by atoms with Gasteiger partial charge in [-0.1, -0.05) is 19.9 Å². The van der Waals surface area contributed by atoms with E-state index in [1.54, 1.807) is 10.9 Å². The second kappa shape index (κ2) is 6.04. The minimum absolute atomic E-state index is 0.272. The van der Waals surface area contributed by atoms with Crippen LogP contribution in [0.2, 0.25) is 0 Å². The standard InChI is InChI=1S/C14H21N3O2/c1-10(2)15-7-11(18)9-19-14-6-4-5-13-12(14)8-16-17(13)3/h4-6,8,10-11,15,18H,7,9H2,1-3H3. The molecule has 2 N–H and O–H groups in total. The molecule has 1 aromatic carbocycles. The van der Waals surface area contributed by atoms with Crippen LogP contribution in [0.3, 0.4) is 0 Å². The van der Waals surface area contributed by atoms with Gasteiger partial charge in [0.25, 0.3) is 0 Å². The molecule has 2 rings (SSSR count). The topological polar surface area (TPSA) is 59.3 Å². The van der Waals surface area contributed by atoms with Crippen LogP contribution in [0.4, 0.5) is 0 Å². The Hall–Kier alpha value is -1.59. The van der Waals surface area contributed by atoms with Crippen LogP contribution < -0.4 is 10.1 Å². The van der Waals surface area contributed by atoms with E-state index in [4.69, 9.17) is 4.74 Å². The maximum absolute atomic E-state index is 9.83. The Kier molecular flexibility index (Phi) is 4.39. The highest BCUT2D eigenvalue weighted by Gasteiger charge is 2.09. The molecule has 0 saturated heterocycles. The fraction of sp³-hybridized carbons (Fsp3) is 0.500. The first kappa shape index (κ1) is 13.8. The number of aliphatic hydroxyl groups excluding tert-OH is 1. The predicted molar refractivity (Wildman–Crippen MR) is 75.4 cm³/mol. The van der Waals surface area contributed by atoms with Gasteiger partial charge in [0.15, 0.2) is 0 Å². The number of hydrogen-bond donors (Lipinski definition) is 2. The molecule has 0 aliphatic rings. The van der Waals surface area contributed by atoms with Crippen LogP contribution in [0.5, 0.6) is 5.75 Å². The lowest BCUT2D eigenvalue weighted by atomic mass is 10.2. The Balaban J connectivity index is 1.98. The lowest BCUT2D eigenvalue weighted by molar-refractivity contribution is 0.105. The second-order valence-electron chi connectivity index (χ2n) is 4.98. The van der Waals surface area contributed by atoms with E-state index < -0.39 is 6.10 Å². The van der Waals surface area contributed by atoms with Gasteiger partial charge in [-0.25, -0.2) is 0 Å². The largest absolute Gasteiger partial charge is 0.490 e. The third-order valence-electron chi connectivity index (χ3n) is 2.94. The summed E-state index contributed by atoms with van der Waals surface area (Å²) in [5, 5.41) is 18.2. The Morgan fingerprint density at radius 2 is 2.21 bits per heavy atom. The molecule has 0 spiro atoms. The quantitative estimate of drug-likeness (QED) is 0.825. The highest BCUT2D eigenvalue weighted by molar-refractivity contribution is 5.85. The Labute approximate surface area is 113 Å². The van der Waals surface area contributed by atoms with Crippen molar-refractivity contribution in [3.63, 3.8) is 0 Å². The van der Waals surface area contributed by atoms with Crippen LogP contribution in [0.15, 0.2) is 24.4 Å². The summed E-state index contributed by atoms with van der Waals surface area (Å²) in [5.41, 5.74) is 1.02. The SMILES string of the molecule is CC(C)NCC(O)COc1cccc2c1cnn2C. The van der Waals surface area contributed by atoms with Crippen molar-refractivity contribution in [2.24, 2.45) is 7.05 Å². The van der Waals surface area contributed by atoms with Gasteiger partial charge in [-0.05, 0) is 12.1 Å². The smallest absolute Gasteiger partial charge is 0.130 e. The van der Waals surface area contributed by atoms with Gasteiger partial charge in [-0.3, -0.25) is 4.68 Å². The van der Waals surface area contributed by atoms with E-state index in [0.717, 1.165) is 16.7 Å². The molecule has 104 valence electrons.